The number of hydrogen-bond donors (Lipinski definition) is 1. The molecule has 0 saturated heterocycles. The van der Waals surface area contributed by atoms with Crippen LogP contribution in [0.4, 0.5) is 4.39 Å². The molecule has 0 unspecified atom stereocenters. The highest BCUT2D eigenvalue weighted by molar-refractivity contribution is 5.30. The third-order valence-electron chi connectivity index (χ3n) is 3.07. The Bertz CT molecular complexity index is 579. The summed E-state index contributed by atoms with van der Waals surface area (Å²) in [7, 11) is 0. The minimum Gasteiger partial charge on any atom is -0.313 e. The third kappa shape index (κ3) is 2.85. The average Bonchev–Trinajstić information content (AvgIpc) is 2.89. The van der Waals surface area contributed by atoms with Gasteiger partial charge >= 0.3 is 0 Å². The Kier molecular flexibility index (Phi) is 4.79. The van der Waals surface area contributed by atoms with Gasteiger partial charge in [-0.2, -0.15) is 4.68 Å². The van der Waals surface area contributed by atoms with Crippen molar-refractivity contribution in [1.29, 1.82) is 0 Å². The van der Waals surface area contributed by atoms with Gasteiger partial charge in [0.2, 0.25) is 0 Å². The molecule has 2 aromatic heterocycles. The molecule has 2 aromatic rings. The Labute approximate surface area is 118 Å². The fraction of sp³-hybridized carbons (Fsp3) is 0.500. The van der Waals surface area contributed by atoms with E-state index in [1.54, 1.807) is 12.3 Å². The monoisotopic (exact) mass is 277 g/mol. The Hall–Kier alpha value is -1.82. The summed E-state index contributed by atoms with van der Waals surface area (Å²) < 4.78 is 16.0. The number of pyridine rings is 1. The van der Waals surface area contributed by atoms with Crippen molar-refractivity contribution in [2.24, 2.45) is 0 Å². The molecule has 20 heavy (non-hydrogen) atoms. The second kappa shape index (κ2) is 6.56. The molecule has 5 nitrogen and oxygen atoms in total. The van der Waals surface area contributed by atoms with Crippen LogP contribution in [-0.2, 0) is 19.4 Å². The van der Waals surface area contributed by atoms with Crippen molar-refractivity contribution in [3.8, 4) is 5.82 Å². The SMILES string of the molecule is CCNCc1ccnc(-n2nc(CC)nc2CC)c1F. The van der Waals surface area contributed by atoms with Crippen LogP contribution in [0.15, 0.2) is 12.3 Å². The van der Waals surface area contributed by atoms with Gasteiger partial charge in [-0.05, 0) is 12.6 Å². The molecule has 0 radical (unpaired) electrons. The van der Waals surface area contributed by atoms with E-state index in [4.69, 9.17) is 0 Å². The summed E-state index contributed by atoms with van der Waals surface area (Å²) in [5.74, 6) is 1.33. The van der Waals surface area contributed by atoms with Crippen LogP contribution in [-0.4, -0.2) is 26.3 Å². The first-order valence-corrected chi connectivity index (χ1v) is 7.00. The molecule has 108 valence electrons. The van der Waals surface area contributed by atoms with Gasteiger partial charge in [0.25, 0.3) is 0 Å². The van der Waals surface area contributed by atoms with Crippen molar-refractivity contribution < 1.29 is 4.39 Å². The Morgan fingerprint density at radius 3 is 2.70 bits per heavy atom. The van der Waals surface area contributed by atoms with E-state index in [2.05, 4.69) is 20.4 Å². The number of rotatable bonds is 6. The number of nitrogens with one attached hydrogen (secondary N) is 1. The fourth-order valence-electron chi connectivity index (χ4n) is 1.96. The largest absolute Gasteiger partial charge is 0.313 e. The van der Waals surface area contributed by atoms with E-state index in [-0.39, 0.29) is 11.6 Å². The fourth-order valence-corrected chi connectivity index (χ4v) is 1.96. The highest BCUT2D eigenvalue weighted by atomic mass is 19.1. The second-order valence-electron chi connectivity index (χ2n) is 4.45. The predicted octanol–water partition coefficient (Wildman–Crippen LogP) is 2.04. The van der Waals surface area contributed by atoms with E-state index < -0.39 is 0 Å². The van der Waals surface area contributed by atoms with Gasteiger partial charge in [-0.1, -0.05) is 20.8 Å². The van der Waals surface area contributed by atoms with Gasteiger partial charge in [0, 0.05) is 31.1 Å². The molecule has 0 aliphatic heterocycles. The molecule has 0 atom stereocenters. The maximum atomic E-state index is 14.5. The zero-order chi connectivity index (χ0) is 14.5. The number of halogens is 1. The first kappa shape index (κ1) is 14.6. The number of aromatic nitrogens is 4. The zero-order valence-electron chi connectivity index (χ0n) is 12.1. The van der Waals surface area contributed by atoms with Crippen LogP contribution in [0.5, 0.6) is 0 Å². The average molecular weight is 277 g/mol. The van der Waals surface area contributed by atoms with Gasteiger partial charge in [0.05, 0.1) is 0 Å². The minimum atomic E-state index is -0.337. The summed E-state index contributed by atoms with van der Waals surface area (Å²) in [6, 6.07) is 1.69. The number of nitrogens with zero attached hydrogens (tertiary/aromatic N) is 4. The third-order valence-corrected chi connectivity index (χ3v) is 3.07. The van der Waals surface area contributed by atoms with Gasteiger partial charge in [-0.15, -0.1) is 5.10 Å². The Morgan fingerprint density at radius 1 is 1.25 bits per heavy atom. The maximum Gasteiger partial charge on any atom is 0.191 e. The molecule has 0 fully saturated rings. The molecule has 2 heterocycles. The van der Waals surface area contributed by atoms with E-state index in [0.717, 1.165) is 18.8 Å². The smallest absolute Gasteiger partial charge is 0.191 e. The molecule has 6 heteroatoms. The molecule has 0 aliphatic carbocycles. The van der Waals surface area contributed by atoms with Crippen molar-refractivity contribution in [1.82, 2.24) is 25.1 Å². The lowest BCUT2D eigenvalue weighted by molar-refractivity contribution is 0.567. The van der Waals surface area contributed by atoms with Crippen molar-refractivity contribution in [3.63, 3.8) is 0 Å². The highest BCUT2D eigenvalue weighted by Gasteiger charge is 2.16. The maximum absolute atomic E-state index is 14.5. The molecule has 0 bridgehead atoms. The molecule has 1 N–H and O–H groups in total. The van der Waals surface area contributed by atoms with E-state index in [0.29, 0.717) is 24.4 Å². The normalized spacial score (nSPS) is 11.0. The van der Waals surface area contributed by atoms with Crippen molar-refractivity contribution in [2.45, 2.75) is 40.2 Å². The van der Waals surface area contributed by atoms with E-state index in [1.807, 2.05) is 20.8 Å². The topological polar surface area (TPSA) is 55.6 Å². The minimum absolute atomic E-state index is 0.226. The van der Waals surface area contributed by atoms with Crippen molar-refractivity contribution in [2.75, 3.05) is 6.54 Å². The predicted molar refractivity (Wildman–Crippen MR) is 75.2 cm³/mol. The van der Waals surface area contributed by atoms with Crippen LogP contribution >= 0.6 is 0 Å². The van der Waals surface area contributed by atoms with E-state index >= 15 is 0 Å². The lowest BCUT2D eigenvalue weighted by Crippen LogP contribution is -2.15. The lowest BCUT2D eigenvalue weighted by atomic mass is 10.2. The number of aryl methyl sites for hydroxylation is 2. The molecular formula is C14H20FN5. The van der Waals surface area contributed by atoms with Gasteiger partial charge in [-0.3, -0.25) is 0 Å². The molecule has 0 aliphatic rings. The van der Waals surface area contributed by atoms with Gasteiger partial charge in [0.15, 0.2) is 17.5 Å². The van der Waals surface area contributed by atoms with E-state index in [1.165, 1.54) is 4.68 Å². The molecule has 0 aromatic carbocycles. The van der Waals surface area contributed by atoms with Crippen LogP contribution in [0.2, 0.25) is 0 Å². The molecule has 0 saturated carbocycles. The molecule has 0 spiro atoms. The summed E-state index contributed by atoms with van der Waals surface area (Å²) in [6.07, 6.45) is 3.02. The summed E-state index contributed by atoms with van der Waals surface area (Å²) in [4.78, 5) is 8.52. The van der Waals surface area contributed by atoms with Crippen molar-refractivity contribution in [3.05, 3.63) is 35.3 Å². The van der Waals surface area contributed by atoms with Gasteiger partial charge < -0.3 is 5.32 Å². The van der Waals surface area contributed by atoms with E-state index in [9.17, 15) is 4.39 Å². The van der Waals surface area contributed by atoms with Crippen LogP contribution in [0, 0.1) is 5.82 Å². The zero-order valence-corrected chi connectivity index (χ0v) is 12.1. The molecular weight excluding hydrogens is 257 g/mol. The molecule has 2 rings (SSSR count). The standard InChI is InChI=1S/C14H20FN5/c1-4-11-18-12(5-2)20(19-11)14-13(15)10(7-8-17-14)9-16-6-3/h7-8,16H,4-6,9H2,1-3H3. The number of hydrogen-bond acceptors (Lipinski definition) is 4. The van der Waals surface area contributed by atoms with Crippen molar-refractivity contribution >= 4 is 0 Å². The highest BCUT2D eigenvalue weighted by Crippen LogP contribution is 2.16. The van der Waals surface area contributed by atoms with Crippen LogP contribution in [0.25, 0.3) is 5.82 Å². The summed E-state index contributed by atoms with van der Waals surface area (Å²) in [5.41, 5.74) is 0.590. The van der Waals surface area contributed by atoms with Crippen LogP contribution in [0.1, 0.15) is 38.0 Å². The summed E-state index contributed by atoms with van der Waals surface area (Å²) >= 11 is 0. The Balaban J connectivity index is 2.44. The quantitative estimate of drug-likeness (QED) is 0.878. The Morgan fingerprint density at radius 2 is 2.05 bits per heavy atom. The van der Waals surface area contributed by atoms with Crippen LogP contribution in [0.3, 0.4) is 0 Å². The van der Waals surface area contributed by atoms with Crippen LogP contribution < -0.4 is 5.32 Å². The van der Waals surface area contributed by atoms with Gasteiger partial charge in [0.1, 0.15) is 5.82 Å². The first-order valence-electron chi connectivity index (χ1n) is 7.00. The second-order valence-corrected chi connectivity index (χ2v) is 4.45. The summed E-state index contributed by atoms with van der Waals surface area (Å²) in [6.45, 7) is 7.21. The van der Waals surface area contributed by atoms with Gasteiger partial charge in [-0.25, -0.2) is 14.4 Å². The summed E-state index contributed by atoms with van der Waals surface area (Å²) in [5, 5.41) is 7.45. The molecule has 0 amide bonds. The first-order chi connectivity index (χ1) is 9.71. The lowest BCUT2D eigenvalue weighted by Gasteiger charge is -2.09.